The van der Waals surface area contributed by atoms with E-state index in [1.165, 1.54) is 25.7 Å². The van der Waals surface area contributed by atoms with Crippen molar-refractivity contribution in [2.24, 2.45) is 16.8 Å². The van der Waals surface area contributed by atoms with Gasteiger partial charge in [-0.2, -0.15) is 0 Å². The molecule has 0 bridgehead atoms. The van der Waals surface area contributed by atoms with Crippen LogP contribution in [0.4, 0.5) is 0 Å². The number of hydrogen-bond donors (Lipinski definition) is 2. The number of nitrogens with two attached hydrogens (primary N) is 1. The first-order chi connectivity index (χ1) is 10.3. The molecular weight excluding hydrogens is 264 g/mol. The van der Waals surface area contributed by atoms with Crippen LogP contribution in [0, 0.1) is 5.92 Å². The average Bonchev–Trinajstić information content (AvgIpc) is 3.05. The fourth-order valence-corrected chi connectivity index (χ4v) is 3.06. The third kappa shape index (κ3) is 2.79. The highest BCUT2D eigenvalue weighted by Gasteiger charge is 2.16. The summed E-state index contributed by atoms with van der Waals surface area (Å²) in [5.74, 6) is 1.66. The molecule has 4 heteroatoms. The van der Waals surface area contributed by atoms with Crippen LogP contribution in [-0.4, -0.2) is 17.6 Å². The van der Waals surface area contributed by atoms with Crippen molar-refractivity contribution in [1.82, 2.24) is 0 Å². The van der Waals surface area contributed by atoms with E-state index in [9.17, 15) is 0 Å². The Morgan fingerprint density at radius 3 is 2.57 bits per heavy atom. The molecule has 1 aliphatic rings. The summed E-state index contributed by atoms with van der Waals surface area (Å²) in [4.78, 5) is 0. The van der Waals surface area contributed by atoms with E-state index in [-0.39, 0.29) is 5.84 Å². The minimum atomic E-state index is 0.119. The Bertz CT molecular complexity index is 661. The van der Waals surface area contributed by atoms with Crippen LogP contribution in [0.15, 0.2) is 41.6 Å². The SMILES string of the molecule is N/C(=N/O)c1ccc(OCC2CCCC2)c2ccccc12. The Labute approximate surface area is 124 Å². The monoisotopic (exact) mass is 284 g/mol. The maximum atomic E-state index is 8.90. The number of hydrogen-bond acceptors (Lipinski definition) is 3. The quantitative estimate of drug-likeness (QED) is 0.391. The third-order valence-corrected chi connectivity index (χ3v) is 4.22. The van der Waals surface area contributed by atoms with E-state index in [0.717, 1.165) is 28.7 Å². The molecule has 0 spiro atoms. The molecule has 0 heterocycles. The van der Waals surface area contributed by atoms with Crippen molar-refractivity contribution in [3.05, 3.63) is 42.0 Å². The van der Waals surface area contributed by atoms with Crippen LogP contribution in [0.25, 0.3) is 10.8 Å². The highest BCUT2D eigenvalue weighted by molar-refractivity contribution is 6.10. The topological polar surface area (TPSA) is 67.8 Å². The predicted molar refractivity (Wildman–Crippen MR) is 83.9 cm³/mol. The number of fused-ring (bicyclic) bond motifs is 1. The van der Waals surface area contributed by atoms with Crippen molar-refractivity contribution in [3.63, 3.8) is 0 Å². The van der Waals surface area contributed by atoms with Gasteiger partial charge < -0.3 is 15.7 Å². The van der Waals surface area contributed by atoms with Crippen LogP contribution in [0.5, 0.6) is 5.75 Å². The second kappa shape index (κ2) is 6.04. The maximum absolute atomic E-state index is 8.90. The van der Waals surface area contributed by atoms with Gasteiger partial charge in [0.05, 0.1) is 6.61 Å². The predicted octanol–water partition coefficient (Wildman–Crippen LogP) is 3.50. The first kappa shape index (κ1) is 13.7. The number of amidine groups is 1. The lowest BCUT2D eigenvalue weighted by atomic mass is 10.0. The molecule has 2 aromatic rings. The molecule has 3 rings (SSSR count). The summed E-state index contributed by atoms with van der Waals surface area (Å²) in [6.45, 7) is 0.771. The van der Waals surface area contributed by atoms with Crippen LogP contribution >= 0.6 is 0 Å². The zero-order chi connectivity index (χ0) is 14.7. The molecule has 21 heavy (non-hydrogen) atoms. The lowest BCUT2D eigenvalue weighted by molar-refractivity contribution is 0.255. The molecule has 0 aliphatic heterocycles. The van der Waals surface area contributed by atoms with Crippen LogP contribution < -0.4 is 10.5 Å². The normalized spacial score (nSPS) is 16.5. The summed E-state index contributed by atoms with van der Waals surface area (Å²) in [5.41, 5.74) is 6.47. The Hall–Kier alpha value is -2.23. The van der Waals surface area contributed by atoms with Gasteiger partial charge in [0.1, 0.15) is 5.75 Å². The van der Waals surface area contributed by atoms with Gasteiger partial charge in [0.15, 0.2) is 5.84 Å². The summed E-state index contributed by atoms with van der Waals surface area (Å²) in [5, 5.41) is 13.9. The largest absolute Gasteiger partial charge is 0.493 e. The number of benzene rings is 2. The van der Waals surface area contributed by atoms with Gasteiger partial charge in [-0.1, -0.05) is 42.3 Å². The molecule has 0 amide bonds. The summed E-state index contributed by atoms with van der Waals surface area (Å²) < 4.78 is 6.03. The lowest BCUT2D eigenvalue weighted by Crippen LogP contribution is -2.14. The van der Waals surface area contributed by atoms with Crippen LogP contribution in [0.1, 0.15) is 31.2 Å². The standard InChI is InChI=1S/C17H20N2O2/c18-17(19-20)15-9-10-16(14-8-4-3-7-13(14)15)21-11-12-5-1-2-6-12/h3-4,7-10,12,20H,1-2,5-6,11H2,(H2,18,19). The van der Waals surface area contributed by atoms with Crippen LogP contribution in [0.2, 0.25) is 0 Å². The fourth-order valence-electron chi connectivity index (χ4n) is 3.06. The van der Waals surface area contributed by atoms with E-state index in [0.29, 0.717) is 5.92 Å². The number of ether oxygens (including phenoxy) is 1. The molecule has 0 saturated heterocycles. The van der Waals surface area contributed by atoms with Crippen molar-refractivity contribution < 1.29 is 9.94 Å². The van der Waals surface area contributed by atoms with Gasteiger partial charge in [0.25, 0.3) is 0 Å². The van der Waals surface area contributed by atoms with Crippen LogP contribution in [0.3, 0.4) is 0 Å². The number of rotatable bonds is 4. The molecule has 1 saturated carbocycles. The van der Waals surface area contributed by atoms with Gasteiger partial charge in [-0.3, -0.25) is 0 Å². The van der Waals surface area contributed by atoms with Crippen molar-refractivity contribution in [3.8, 4) is 5.75 Å². The van der Waals surface area contributed by atoms with Crippen molar-refractivity contribution in [2.75, 3.05) is 6.61 Å². The Balaban J connectivity index is 1.92. The van der Waals surface area contributed by atoms with E-state index in [1.54, 1.807) is 0 Å². The first-order valence-corrected chi connectivity index (χ1v) is 7.42. The van der Waals surface area contributed by atoms with E-state index < -0.39 is 0 Å². The zero-order valence-electron chi connectivity index (χ0n) is 12.0. The van der Waals surface area contributed by atoms with Gasteiger partial charge in [0.2, 0.25) is 0 Å². The van der Waals surface area contributed by atoms with E-state index >= 15 is 0 Å². The van der Waals surface area contributed by atoms with E-state index in [4.69, 9.17) is 15.7 Å². The third-order valence-electron chi connectivity index (χ3n) is 4.22. The highest BCUT2D eigenvalue weighted by atomic mass is 16.5. The Kier molecular flexibility index (Phi) is 3.95. The minimum Gasteiger partial charge on any atom is -0.493 e. The number of oxime groups is 1. The molecule has 2 aromatic carbocycles. The number of nitrogens with zero attached hydrogens (tertiary/aromatic N) is 1. The second-order valence-corrected chi connectivity index (χ2v) is 5.60. The summed E-state index contributed by atoms with van der Waals surface area (Å²) in [7, 11) is 0. The molecule has 3 N–H and O–H groups in total. The van der Waals surface area contributed by atoms with Gasteiger partial charge >= 0.3 is 0 Å². The Morgan fingerprint density at radius 2 is 1.86 bits per heavy atom. The molecule has 0 aromatic heterocycles. The van der Waals surface area contributed by atoms with E-state index in [1.807, 2.05) is 36.4 Å². The average molecular weight is 284 g/mol. The smallest absolute Gasteiger partial charge is 0.170 e. The van der Waals surface area contributed by atoms with Gasteiger partial charge in [-0.25, -0.2) is 0 Å². The maximum Gasteiger partial charge on any atom is 0.170 e. The molecule has 1 aliphatic carbocycles. The van der Waals surface area contributed by atoms with Crippen LogP contribution in [-0.2, 0) is 0 Å². The lowest BCUT2D eigenvalue weighted by Gasteiger charge is -2.14. The summed E-state index contributed by atoms with van der Waals surface area (Å²) >= 11 is 0. The van der Waals surface area contributed by atoms with E-state index in [2.05, 4.69) is 5.16 Å². The molecule has 0 radical (unpaired) electrons. The zero-order valence-corrected chi connectivity index (χ0v) is 12.0. The molecule has 0 unspecified atom stereocenters. The molecule has 0 atom stereocenters. The first-order valence-electron chi connectivity index (χ1n) is 7.42. The molecule has 110 valence electrons. The highest BCUT2D eigenvalue weighted by Crippen LogP contribution is 2.31. The fraction of sp³-hybridized carbons (Fsp3) is 0.353. The molecule has 4 nitrogen and oxygen atoms in total. The van der Waals surface area contributed by atoms with Crippen molar-refractivity contribution in [2.45, 2.75) is 25.7 Å². The van der Waals surface area contributed by atoms with Crippen molar-refractivity contribution in [1.29, 1.82) is 0 Å². The molecule has 1 fully saturated rings. The van der Waals surface area contributed by atoms with Gasteiger partial charge in [-0.05, 0) is 36.3 Å². The van der Waals surface area contributed by atoms with Crippen molar-refractivity contribution >= 4 is 16.6 Å². The van der Waals surface area contributed by atoms with Gasteiger partial charge in [0, 0.05) is 10.9 Å². The second-order valence-electron chi connectivity index (χ2n) is 5.60. The summed E-state index contributed by atoms with van der Waals surface area (Å²) in [6, 6.07) is 11.6. The Morgan fingerprint density at radius 1 is 1.14 bits per heavy atom. The van der Waals surface area contributed by atoms with Gasteiger partial charge in [-0.15, -0.1) is 0 Å². The summed E-state index contributed by atoms with van der Waals surface area (Å²) in [6.07, 6.45) is 5.16. The minimum absolute atomic E-state index is 0.119. The molecular formula is C17H20N2O2.